The molecule has 0 aliphatic heterocycles. The smallest absolute Gasteiger partial charge is 0.0949 e. The molecular formula is C12H12BrN3O. The number of rotatable bonds is 4. The third-order valence-corrected chi connectivity index (χ3v) is 2.92. The molecule has 0 unspecified atom stereocenters. The Hall–Kier alpha value is -1.62. The summed E-state index contributed by atoms with van der Waals surface area (Å²) in [5.41, 5.74) is 1.81. The Morgan fingerprint density at radius 1 is 1.35 bits per heavy atom. The van der Waals surface area contributed by atoms with Gasteiger partial charge in [-0.05, 0) is 17.7 Å². The second kappa shape index (κ2) is 5.63. The van der Waals surface area contributed by atoms with Crippen molar-refractivity contribution in [2.24, 2.45) is 5.16 Å². The van der Waals surface area contributed by atoms with Crippen molar-refractivity contribution in [3.8, 4) is 0 Å². The topological polar surface area (TPSA) is 50.4 Å². The van der Waals surface area contributed by atoms with E-state index in [9.17, 15) is 0 Å². The summed E-state index contributed by atoms with van der Waals surface area (Å²) < 4.78 is 2.91. The zero-order valence-corrected chi connectivity index (χ0v) is 10.7. The SMILES string of the molecule is ON=C(Cc1ccc(Br)cc1)Cn1ccnc1. The van der Waals surface area contributed by atoms with Crippen molar-refractivity contribution in [2.45, 2.75) is 13.0 Å². The number of hydrogen-bond acceptors (Lipinski definition) is 3. The lowest BCUT2D eigenvalue weighted by Gasteiger charge is -2.05. The van der Waals surface area contributed by atoms with Crippen molar-refractivity contribution in [1.82, 2.24) is 9.55 Å². The van der Waals surface area contributed by atoms with Crippen molar-refractivity contribution in [3.63, 3.8) is 0 Å². The van der Waals surface area contributed by atoms with E-state index in [0.29, 0.717) is 18.7 Å². The number of imidazole rings is 1. The van der Waals surface area contributed by atoms with Crippen molar-refractivity contribution >= 4 is 21.6 Å². The van der Waals surface area contributed by atoms with Crippen LogP contribution in [0.5, 0.6) is 0 Å². The molecule has 1 aromatic heterocycles. The minimum atomic E-state index is 0.548. The second-order valence-corrected chi connectivity index (χ2v) is 4.62. The van der Waals surface area contributed by atoms with Crippen LogP contribution < -0.4 is 0 Å². The van der Waals surface area contributed by atoms with Crippen LogP contribution in [-0.2, 0) is 13.0 Å². The van der Waals surface area contributed by atoms with Gasteiger partial charge in [-0.25, -0.2) is 4.98 Å². The van der Waals surface area contributed by atoms with E-state index in [1.165, 1.54) is 0 Å². The molecule has 0 fully saturated rings. The molecule has 0 radical (unpaired) electrons. The molecule has 17 heavy (non-hydrogen) atoms. The third kappa shape index (κ3) is 3.42. The van der Waals surface area contributed by atoms with Gasteiger partial charge in [0.05, 0.1) is 18.6 Å². The Bertz CT molecular complexity index is 491. The Labute approximate surface area is 108 Å². The van der Waals surface area contributed by atoms with Gasteiger partial charge in [-0.1, -0.05) is 33.2 Å². The molecule has 2 aromatic rings. The van der Waals surface area contributed by atoms with E-state index in [0.717, 1.165) is 10.0 Å². The fourth-order valence-electron chi connectivity index (χ4n) is 1.55. The fraction of sp³-hybridized carbons (Fsp3) is 0.167. The highest BCUT2D eigenvalue weighted by molar-refractivity contribution is 9.10. The highest BCUT2D eigenvalue weighted by Gasteiger charge is 2.03. The van der Waals surface area contributed by atoms with Crippen LogP contribution >= 0.6 is 15.9 Å². The molecule has 5 heteroatoms. The van der Waals surface area contributed by atoms with Gasteiger partial charge in [0.15, 0.2) is 0 Å². The first-order valence-corrected chi connectivity index (χ1v) is 5.97. The molecule has 0 atom stereocenters. The van der Waals surface area contributed by atoms with E-state index in [2.05, 4.69) is 26.1 Å². The Kier molecular flexibility index (Phi) is 3.93. The summed E-state index contributed by atoms with van der Waals surface area (Å²) in [5, 5.41) is 12.3. The first kappa shape index (κ1) is 11.9. The Balaban J connectivity index is 2.03. The van der Waals surface area contributed by atoms with Gasteiger partial charge < -0.3 is 9.77 Å². The molecule has 0 amide bonds. The van der Waals surface area contributed by atoms with Gasteiger partial charge in [0.2, 0.25) is 0 Å². The molecule has 0 aliphatic rings. The maximum Gasteiger partial charge on any atom is 0.0949 e. The van der Waals surface area contributed by atoms with E-state index in [4.69, 9.17) is 5.21 Å². The van der Waals surface area contributed by atoms with Crippen LogP contribution in [0.4, 0.5) is 0 Å². The van der Waals surface area contributed by atoms with Crippen LogP contribution in [0.25, 0.3) is 0 Å². The minimum Gasteiger partial charge on any atom is -0.411 e. The van der Waals surface area contributed by atoms with Gasteiger partial charge >= 0.3 is 0 Å². The summed E-state index contributed by atoms with van der Waals surface area (Å²) >= 11 is 3.39. The first-order chi connectivity index (χ1) is 8.28. The number of benzene rings is 1. The van der Waals surface area contributed by atoms with Crippen molar-refractivity contribution in [1.29, 1.82) is 0 Å². The van der Waals surface area contributed by atoms with Crippen LogP contribution in [0, 0.1) is 0 Å². The van der Waals surface area contributed by atoms with E-state index < -0.39 is 0 Å². The van der Waals surface area contributed by atoms with E-state index in [1.807, 2.05) is 35.0 Å². The van der Waals surface area contributed by atoms with Crippen LogP contribution in [0.3, 0.4) is 0 Å². The molecule has 0 spiro atoms. The molecule has 2 rings (SSSR count). The number of halogens is 1. The highest BCUT2D eigenvalue weighted by Crippen LogP contribution is 2.11. The monoisotopic (exact) mass is 293 g/mol. The number of nitrogens with zero attached hydrogens (tertiary/aromatic N) is 3. The quantitative estimate of drug-likeness (QED) is 0.535. The van der Waals surface area contributed by atoms with E-state index in [1.54, 1.807) is 12.5 Å². The molecule has 1 N–H and O–H groups in total. The maximum atomic E-state index is 8.99. The molecule has 0 aliphatic carbocycles. The van der Waals surface area contributed by atoms with E-state index in [-0.39, 0.29) is 0 Å². The average Bonchev–Trinajstić information content (AvgIpc) is 2.84. The molecule has 1 heterocycles. The Morgan fingerprint density at radius 2 is 2.12 bits per heavy atom. The summed E-state index contributed by atoms with van der Waals surface area (Å²) in [7, 11) is 0. The van der Waals surface area contributed by atoms with Gasteiger partial charge in [0.25, 0.3) is 0 Å². The second-order valence-electron chi connectivity index (χ2n) is 3.70. The predicted octanol–water partition coefficient (Wildman–Crippen LogP) is 2.72. The summed E-state index contributed by atoms with van der Waals surface area (Å²) in [4.78, 5) is 3.95. The summed E-state index contributed by atoms with van der Waals surface area (Å²) in [6.45, 7) is 0.548. The van der Waals surface area contributed by atoms with Gasteiger partial charge in [-0.2, -0.15) is 0 Å². The lowest BCUT2D eigenvalue weighted by molar-refractivity contribution is 0.316. The van der Waals surface area contributed by atoms with Gasteiger partial charge in [0.1, 0.15) is 0 Å². The number of aromatic nitrogens is 2. The molecule has 1 aromatic carbocycles. The standard InChI is InChI=1S/C12H12BrN3O/c13-11-3-1-10(2-4-11)7-12(15-17)8-16-6-5-14-9-16/h1-6,9,17H,7-8H2. The largest absolute Gasteiger partial charge is 0.411 e. The number of oxime groups is 1. The van der Waals surface area contributed by atoms with Crippen LogP contribution in [0.1, 0.15) is 5.56 Å². The van der Waals surface area contributed by atoms with Gasteiger partial charge in [-0.15, -0.1) is 0 Å². The third-order valence-electron chi connectivity index (χ3n) is 2.39. The maximum absolute atomic E-state index is 8.99. The van der Waals surface area contributed by atoms with Crippen LogP contribution in [0.15, 0.2) is 52.6 Å². The molecule has 88 valence electrons. The summed E-state index contributed by atoms with van der Waals surface area (Å²) in [6, 6.07) is 7.95. The first-order valence-electron chi connectivity index (χ1n) is 5.18. The minimum absolute atomic E-state index is 0.548. The summed E-state index contributed by atoms with van der Waals surface area (Å²) in [5.74, 6) is 0. The van der Waals surface area contributed by atoms with Crippen LogP contribution in [0.2, 0.25) is 0 Å². The van der Waals surface area contributed by atoms with E-state index >= 15 is 0 Å². The van der Waals surface area contributed by atoms with Gasteiger partial charge in [-0.3, -0.25) is 0 Å². The molecule has 0 saturated carbocycles. The molecule has 0 bridgehead atoms. The van der Waals surface area contributed by atoms with Crippen molar-refractivity contribution in [3.05, 3.63) is 53.0 Å². The highest BCUT2D eigenvalue weighted by atomic mass is 79.9. The van der Waals surface area contributed by atoms with Crippen molar-refractivity contribution < 1.29 is 5.21 Å². The molecule has 4 nitrogen and oxygen atoms in total. The van der Waals surface area contributed by atoms with Crippen LogP contribution in [-0.4, -0.2) is 20.5 Å². The number of hydrogen-bond donors (Lipinski definition) is 1. The lowest BCUT2D eigenvalue weighted by atomic mass is 10.1. The zero-order chi connectivity index (χ0) is 12.1. The zero-order valence-electron chi connectivity index (χ0n) is 9.12. The van der Waals surface area contributed by atoms with Crippen molar-refractivity contribution in [2.75, 3.05) is 0 Å². The predicted molar refractivity (Wildman–Crippen MR) is 69.3 cm³/mol. The lowest BCUT2D eigenvalue weighted by Crippen LogP contribution is -2.11. The Morgan fingerprint density at radius 3 is 2.71 bits per heavy atom. The fourth-order valence-corrected chi connectivity index (χ4v) is 1.82. The average molecular weight is 294 g/mol. The van der Waals surface area contributed by atoms with Gasteiger partial charge in [0, 0.05) is 23.3 Å². The summed E-state index contributed by atoms with van der Waals surface area (Å²) in [6.07, 6.45) is 5.87. The molecular weight excluding hydrogens is 282 g/mol. The molecule has 0 saturated heterocycles. The normalized spacial score (nSPS) is 11.7.